The summed E-state index contributed by atoms with van der Waals surface area (Å²) in [5.41, 5.74) is -3.98. The third-order valence-corrected chi connectivity index (χ3v) is 1.86. The van der Waals surface area contributed by atoms with Crippen LogP contribution in [0.15, 0.2) is 0 Å². The zero-order valence-electron chi connectivity index (χ0n) is 7.94. The number of rotatable bonds is 1. The minimum atomic E-state index is -5.15. The lowest BCUT2D eigenvalue weighted by Crippen LogP contribution is -2.16. The molecule has 0 saturated heterocycles. The average molecular weight is 247 g/mol. The maximum Gasteiger partial charge on any atom is 0.421 e. The molecule has 0 saturated carbocycles. The Bertz CT molecular complexity index is 536. The fourth-order valence-corrected chi connectivity index (χ4v) is 1.23. The van der Waals surface area contributed by atoms with Crippen LogP contribution in [0.25, 0.3) is 0 Å². The smallest absolute Gasteiger partial charge is 0.198 e. The van der Waals surface area contributed by atoms with Gasteiger partial charge in [0.25, 0.3) is 0 Å². The van der Waals surface area contributed by atoms with Crippen LogP contribution in [-0.2, 0) is 12.6 Å². The van der Waals surface area contributed by atoms with Crippen molar-refractivity contribution in [3.8, 4) is 12.1 Å². The predicted molar refractivity (Wildman–Crippen MR) is 43.2 cm³/mol. The van der Waals surface area contributed by atoms with Crippen LogP contribution in [0.2, 0.25) is 0 Å². The highest BCUT2D eigenvalue weighted by Gasteiger charge is 2.40. The van der Waals surface area contributed by atoms with Crippen LogP contribution < -0.4 is 0 Å². The van der Waals surface area contributed by atoms with Crippen molar-refractivity contribution in [1.29, 1.82) is 10.5 Å². The molecule has 0 unspecified atom stereocenters. The fraction of sp³-hybridized carbons (Fsp3) is 0.222. The first kappa shape index (κ1) is 12.8. The number of hydrogen-bond acceptors (Lipinski definition) is 3. The highest BCUT2D eigenvalue weighted by Crippen LogP contribution is 2.35. The first-order chi connectivity index (χ1) is 7.82. The van der Waals surface area contributed by atoms with Gasteiger partial charge in [-0.1, -0.05) is 0 Å². The lowest BCUT2D eigenvalue weighted by Gasteiger charge is -2.12. The van der Waals surface area contributed by atoms with Crippen LogP contribution >= 0.6 is 0 Å². The van der Waals surface area contributed by atoms with Gasteiger partial charge < -0.3 is 0 Å². The third-order valence-electron chi connectivity index (χ3n) is 1.86. The van der Waals surface area contributed by atoms with E-state index >= 15 is 0 Å². The topological polar surface area (TPSA) is 60.5 Å². The molecule has 0 amide bonds. The zero-order chi connectivity index (χ0) is 13.2. The molecule has 88 valence electrons. The largest absolute Gasteiger partial charge is 0.421 e. The predicted octanol–water partition coefficient (Wildman–Crippen LogP) is 2.32. The van der Waals surface area contributed by atoms with E-state index < -0.39 is 41.2 Å². The average Bonchev–Trinajstić information content (AvgIpc) is 2.15. The van der Waals surface area contributed by atoms with Crippen LogP contribution in [-0.4, -0.2) is 4.98 Å². The van der Waals surface area contributed by atoms with Crippen molar-refractivity contribution in [2.75, 3.05) is 0 Å². The third kappa shape index (κ3) is 2.31. The number of nitriles is 2. The molecular weight excluding hydrogens is 245 g/mol. The molecule has 0 aliphatic rings. The van der Waals surface area contributed by atoms with Gasteiger partial charge in [-0.15, -0.1) is 0 Å². The van der Waals surface area contributed by atoms with Crippen molar-refractivity contribution in [3.63, 3.8) is 0 Å². The van der Waals surface area contributed by atoms with E-state index in [-0.39, 0.29) is 0 Å². The Labute approximate surface area is 91.7 Å². The number of alkyl halides is 3. The van der Waals surface area contributed by atoms with Gasteiger partial charge in [0.1, 0.15) is 17.2 Å². The molecule has 0 atom stereocenters. The number of nitrogens with zero attached hydrogens (tertiary/aromatic N) is 3. The van der Waals surface area contributed by atoms with Gasteiger partial charge in [-0.05, 0) is 0 Å². The van der Waals surface area contributed by atoms with Gasteiger partial charge in [0.15, 0.2) is 0 Å². The summed E-state index contributed by atoms with van der Waals surface area (Å²) in [6.07, 6.45) is -6.09. The van der Waals surface area contributed by atoms with Crippen molar-refractivity contribution < 1.29 is 22.0 Å². The van der Waals surface area contributed by atoms with E-state index in [1.54, 1.807) is 0 Å². The summed E-state index contributed by atoms with van der Waals surface area (Å²) in [6.45, 7) is 0. The summed E-state index contributed by atoms with van der Waals surface area (Å²) < 4.78 is 63.3. The lowest BCUT2D eigenvalue weighted by atomic mass is 10.0. The second-order valence-corrected chi connectivity index (χ2v) is 2.87. The summed E-state index contributed by atoms with van der Waals surface area (Å²) in [6, 6.07) is 2.45. The Balaban J connectivity index is 3.71. The molecule has 0 aliphatic heterocycles. The molecule has 0 N–H and O–H groups in total. The molecule has 1 heterocycles. The Hall–Kier alpha value is -2.22. The van der Waals surface area contributed by atoms with E-state index in [0.717, 1.165) is 6.07 Å². The van der Waals surface area contributed by atoms with Crippen LogP contribution in [0.1, 0.15) is 16.7 Å². The van der Waals surface area contributed by atoms with Crippen molar-refractivity contribution in [3.05, 3.63) is 28.6 Å². The first-order valence-electron chi connectivity index (χ1n) is 4.05. The quantitative estimate of drug-likeness (QED) is 0.565. The maximum atomic E-state index is 13.0. The van der Waals surface area contributed by atoms with Gasteiger partial charge in [-0.3, -0.25) is 0 Å². The number of aromatic nitrogens is 1. The van der Waals surface area contributed by atoms with Crippen molar-refractivity contribution in [1.82, 2.24) is 4.98 Å². The van der Waals surface area contributed by atoms with Gasteiger partial charge in [0.2, 0.25) is 11.9 Å². The van der Waals surface area contributed by atoms with E-state index in [1.807, 2.05) is 0 Å². The highest BCUT2D eigenvalue weighted by molar-refractivity contribution is 5.44. The van der Waals surface area contributed by atoms with Gasteiger partial charge >= 0.3 is 6.18 Å². The number of hydrogen-bond donors (Lipinski definition) is 0. The Kier molecular flexibility index (Phi) is 3.28. The summed E-state index contributed by atoms with van der Waals surface area (Å²) in [4.78, 5) is 2.37. The second-order valence-electron chi connectivity index (χ2n) is 2.87. The first-order valence-corrected chi connectivity index (χ1v) is 4.05. The van der Waals surface area contributed by atoms with Gasteiger partial charge in [-0.25, -0.2) is 0 Å². The molecular formula is C9H2F5N3. The normalized spacial score (nSPS) is 10.8. The molecule has 0 aliphatic carbocycles. The van der Waals surface area contributed by atoms with Crippen LogP contribution in [0.5, 0.6) is 0 Å². The molecule has 0 aromatic carbocycles. The van der Waals surface area contributed by atoms with E-state index in [0.29, 0.717) is 0 Å². The molecule has 1 rings (SSSR count). The van der Waals surface area contributed by atoms with Gasteiger partial charge in [0.05, 0.1) is 12.5 Å². The second kappa shape index (κ2) is 4.34. The van der Waals surface area contributed by atoms with Gasteiger partial charge in [-0.2, -0.15) is 37.5 Å². The van der Waals surface area contributed by atoms with Gasteiger partial charge in [0, 0.05) is 5.56 Å². The minimum absolute atomic E-state index is 0.936. The molecule has 0 spiro atoms. The molecule has 8 heteroatoms. The SMILES string of the molecule is N#CCc1c(C#N)c(F)nc(F)c1C(F)(F)F. The summed E-state index contributed by atoms with van der Waals surface area (Å²) in [5, 5.41) is 16.8. The van der Waals surface area contributed by atoms with Crippen molar-refractivity contribution in [2.24, 2.45) is 0 Å². The number of pyridine rings is 1. The highest BCUT2D eigenvalue weighted by atomic mass is 19.4. The molecule has 0 bridgehead atoms. The Morgan fingerprint density at radius 1 is 1.12 bits per heavy atom. The molecule has 1 aromatic heterocycles. The minimum Gasteiger partial charge on any atom is -0.198 e. The van der Waals surface area contributed by atoms with Crippen LogP contribution in [0, 0.1) is 34.6 Å². The zero-order valence-corrected chi connectivity index (χ0v) is 7.94. The summed E-state index contributed by atoms with van der Waals surface area (Å²) >= 11 is 0. The summed E-state index contributed by atoms with van der Waals surface area (Å²) in [5.74, 6) is -3.75. The standard InChI is InChI=1S/C9H2F5N3/c10-7-5(3-16)4(1-2-15)6(8(11)17-7)9(12,13)14/h1H2. The Morgan fingerprint density at radius 2 is 1.71 bits per heavy atom. The molecule has 1 aromatic rings. The van der Waals surface area contributed by atoms with E-state index in [4.69, 9.17) is 10.5 Å². The maximum absolute atomic E-state index is 13.0. The Morgan fingerprint density at radius 3 is 2.12 bits per heavy atom. The van der Waals surface area contributed by atoms with E-state index in [9.17, 15) is 22.0 Å². The van der Waals surface area contributed by atoms with E-state index in [1.165, 1.54) is 6.07 Å². The van der Waals surface area contributed by atoms with Crippen molar-refractivity contribution >= 4 is 0 Å². The molecule has 3 nitrogen and oxygen atoms in total. The lowest BCUT2D eigenvalue weighted by molar-refractivity contribution is -0.141. The summed E-state index contributed by atoms with van der Waals surface area (Å²) in [7, 11) is 0. The monoisotopic (exact) mass is 247 g/mol. The van der Waals surface area contributed by atoms with Crippen LogP contribution in [0.3, 0.4) is 0 Å². The number of halogens is 5. The van der Waals surface area contributed by atoms with Crippen LogP contribution in [0.4, 0.5) is 22.0 Å². The molecule has 17 heavy (non-hydrogen) atoms. The molecule has 0 fully saturated rings. The molecule has 0 radical (unpaired) electrons. The van der Waals surface area contributed by atoms with Crippen molar-refractivity contribution in [2.45, 2.75) is 12.6 Å². The fourth-order valence-electron chi connectivity index (χ4n) is 1.23. The van der Waals surface area contributed by atoms with E-state index in [2.05, 4.69) is 4.98 Å².